The van der Waals surface area contributed by atoms with Crippen molar-refractivity contribution in [1.82, 2.24) is 4.90 Å². The van der Waals surface area contributed by atoms with Crippen LogP contribution in [0.25, 0.3) is 0 Å². The Bertz CT molecular complexity index is 229. The van der Waals surface area contributed by atoms with E-state index in [9.17, 15) is 0 Å². The zero-order valence-electron chi connectivity index (χ0n) is 7.96. The van der Waals surface area contributed by atoms with Gasteiger partial charge in [0.2, 0.25) is 0 Å². The lowest BCUT2D eigenvalue weighted by Crippen LogP contribution is -2.41. The molecule has 3 aliphatic rings. The van der Waals surface area contributed by atoms with Crippen molar-refractivity contribution in [3.63, 3.8) is 0 Å². The van der Waals surface area contributed by atoms with Crippen molar-refractivity contribution in [1.29, 1.82) is 0 Å². The third-order valence-electron chi connectivity index (χ3n) is 4.26. The average Bonchev–Trinajstić information content (AvgIpc) is 2.60. The number of hydrogen-bond donors (Lipinski definition) is 1. The molecule has 1 atom stereocenters. The molecule has 0 aromatic carbocycles. The van der Waals surface area contributed by atoms with Gasteiger partial charge in [-0.15, -0.1) is 0 Å². The smallest absolute Gasteiger partial charge is 0.0794 e. The van der Waals surface area contributed by atoms with E-state index in [2.05, 4.69) is 17.8 Å². The molecule has 0 aromatic rings. The van der Waals surface area contributed by atoms with Gasteiger partial charge in [0.25, 0.3) is 0 Å². The Morgan fingerprint density at radius 1 is 1.31 bits per heavy atom. The first-order valence-corrected chi connectivity index (χ1v) is 5.67. The molecule has 2 aliphatic heterocycles. The third-order valence-corrected chi connectivity index (χ3v) is 4.39. The van der Waals surface area contributed by atoms with Gasteiger partial charge in [0, 0.05) is 12.1 Å². The van der Waals surface area contributed by atoms with E-state index in [0.717, 1.165) is 6.61 Å². The van der Waals surface area contributed by atoms with Crippen molar-refractivity contribution < 1.29 is 4.18 Å². The number of fused-ring (bicyclic) bond motifs is 1. The van der Waals surface area contributed by atoms with Gasteiger partial charge in [0.1, 0.15) is 0 Å². The minimum atomic E-state index is 0.387. The molecular formula is C10H17NOS. The molecule has 13 heavy (non-hydrogen) atoms. The molecule has 3 rings (SSSR count). The van der Waals surface area contributed by atoms with Crippen LogP contribution >= 0.6 is 12.9 Å². The van der Waals surface area contributed by atoms with Crippen molar-refractivity contribution in [3.8, 4) is 0 Å². The molecule has 3 fully saturated rings. The van der Waals surface area contributed by atoms with Gasteiger partial charge >= 0.3 is 0 Å². The molecule has 0 amide bonds. The van der Waals surface area contributed by atoms with E-state index in [1.54, 1.807) is 0 Å². The van der Waals surface area contributed by atoms with Crippen LogP contribution in [-0.2, 0) is 4.18 Å². The van der Waals surface area contributed by atoms with Crippen molar-refractivity contribution in [2.24, 2.45) is 5.41 Å². The minimum Gasteiger partial charge on any atom is -0.317 e. The molecule has 74 valence electrons. The summed E-state index contributed by atoms with van der Waals surface area (Å²) in [6.45, 7) is 3.46. The number of nitrogens with zero attached hydrogens (tertiary/aromatic N) is 1. The molecule has 2 nitrogen and oxygen atoms in total. The monoisotopic (exact) mass is 199 g/mol. The maximum absolute atomic E-state index is 5.10. The molecule has 0 aromatic heterocycles. The van der Waals surface area contributed by atoms with Gasteiger partial charge < -0.3 is 4.18 Å². The summed E-state index contributed by atoms with van der Waals surface area (Å²) in [5, 5.41) is 0. The number of thiol groups is 1. The molecule has 2 saturated heterocycles. The lowest BCUT2D eigenvalue weighted by atomic mass is 9.89. The van der Waals surface area contributed by atoms with E-state index >= 15 is 0 Å². The summed E-state index contributed by atoms with van der Waals surface area (Å²) < 4.78 is 5.10. The molecule has 2 heterocycles. The van der Waals surface area contributed by atoms with Crippen LogP contribution < -0.4 is 0 Å². The lowest BCUT2D eigenvalue weighted by Gasteiger charge is -2.30. The van der Waals surface area contributed by atoms with E-state index in [0.29, 0.717) is 11.0 Å². The molecule has 0 N–H and O–H groups in total. The molecule has 3 heteroatoms. The molecule has 1 aliphatic carbocycles. The van der Waals surface area contributed by atoms with Crippen LogP contribution in [0.3, 0.4) is 0 Å². The van der Waals surface area contributed by atoms with E-state index in [-0.39, 0.29) is 0 Å². The van der Waals surface area contributed by atoms with Crippen LogP contribution in [0, 0.1) is 5.41 Å². The normalized spacial score (nSPS) is 41.3. The van der Waals surface area contributed by atoms with E-state index in [4.69, 9.17) is 4.18 Å². The van der Waals surface area contributed by atoms with E-state index in [1.165, 1.54) is 45.2 Å². The minimum absolute atomic E-state index is 0.387. The van der Waals surface area contributed by atoms with Gasteiger partial charge in [-0.25, -0.2) is 0 Å². The summed E-state index contributed by atoms with van der Waals surface area (Å²) in [4.78, 5) is 2.66. The highest BCUT2D eigenvalue weighted by Crippen LogP contribution is 2.60. The zero-order chi connectivity index (χ0) is 8.94. The zero-order valence-corrected chi connectivity index (χ0v) is 8.85. The van der Waals surface area contributed by atoms with Crippen LogP contribution in [0.2, 0.25) is 0 Å². The summed E-state index contributed by atoms with van der Waals surface area (Å²) in [7, 11) is 0. The Labute approximate surface area is 85.2 Å². The van der Waals surface area contributed by atoms with Crippen LogP contribution in [0.4, 0.5) is 0 Å². The van der Waals surface area contributed by atoms with Crippen LogP contribution in [0.15, 0.2) is 0 Å². The van der Waals surface area contributed by atoms with Crippen molar-refractivity contribution >= 4 is 12.9 Å². The fourth-order valence-electron chi connectivity index (χ4n) is 3.45. The Morgan fingerprint density at radius 2 is 2.15 bits per heavy atom. The Kier molecular flexibility index (Phi) is 1.74. The predicted octanol–water partition coefficient (Wildman–Crippen LogP) is 1.87. The highest BCUT2D eigenvalue weighted by molar-refractivity contribution is 7.75. The second-order valence-corrected chi connectivity index (χ2v) is 5.46. The van der Waals surface area contributed by atoms with Crippen molar-refractivity contribution in [2.75, 3.05) is 19.7 Å². The Hall–Kier alpha value is 0.270. The molecule has 0 bridgehead atoms. The van der Waals surface area contributed by atoms with Gasteiger partial charge in [-0.05, 0) is 57.0 Å². The van der Waals surface area contributed by atoms with E-state index < -0.39 is 0 Å². The number of hydrogen-bond acceptors (Lipinski definition) is 3. The van der Waals surface area contributed by atoms with Crippen LogP contribution in [-0.4, -0.2) is 30.1 Å². The molecule has 0 radical (unpaired) electrons. The maximum atomic E-state index is 5.10. The SMILES string of the molecule is SOCC12CCCN1CC1(CC1)C2. The fraction of sp³-hybridized carbons (Fsp3) is 1.00. The van der Waals surface area contributed by atoms with Crippen LogP contribution in [0.1, 0.15) is 32.1 Å². The van der Waals surface area contributed by atoms with Gasteiger partial charge in [-0.1, -0.05) is 0 Å². The molecule has 1 unspecified atom stereocenters. The highest BCUT2D eigenvalue weighted by atomic mass is 32.1. The van der Waals surface area contributed by atoms with Crippen molar-refractivity contribution in [2.45, 2.75) is 37.6 Å². The molecule has 1 saturated carbocycles. The first-order chi connectivity index (χ1) is 6.29. The average molecular weight is 199 g/mol. The van der Waals surface area contributed by atoms with Gasteiger partial charge in [-0.2, -0.15) is 0 Å². The quantitative estimate of drug-likeness (QED) is 0.538. The molecular weight excluding hydrogens is 182 g/mol. The summed E-state index contributed by atoms with van der Waals surface area (Å²) in [6.07, 6.45) is 6.97. The summed E-state index contributed by atoms with van der Waals surface area (Å²) in [5.41, 5.74) is 1.10. The first kappa shape index (κ1) is 8.57. The van der Waals surface area contributed by atoms with Gasteiger partial charge in [0.15, 0.2) is 0 Å². The summed E-state index contributed by atoms with van der Waals surface area (Å²) >= 11 is 3.92. The van der Waals surface area contributed by atoms with Crippen molar-refractivity contribution in [3.05, 3.63) is 0 Å². The maximum Gasteiger partial charge on any atom is 0.0794 e. The Balaban J connectivity index is 1.82. The third kappa shape index (κ3) is 1.17. The lowest BCUT2D eigenvalue weighted by molar-refractivity contribution is 0.128. The summed E-state index contributed by atoms with van der Waals surface area (Å²) in [6, 6.07) is 0. The number of rotatable bonds is 2. The predicted molar refractivity (Wildman–Crippen MR) is 54.8 cm³/mol. The Morgan fingerprint density at radius 3 is 2.85 bits per heavy atom. The summed E-state index contributed by atoms with van der Waals surface area (Å²) in [5.74, 6) is 0. The van der Waals surface area contributed by atoms with E-state index in [1.807, 2.05) is 0 Å². The van der Waals surface area contributed by atoms with Gasteiger partial charge in [0.05, 0.1) is 6.61 Å². The standard InChI is InChI=1S/C10H17NOS/c13-12-8-10-2-1-5-11(10)7-9(6-10)3-4-9/h13H,1-8H2. The second kappa shape index (κ2) is 2.65. The molecule has 1 spiro atoms. The topological polar surface area (TPSA) is 12.5 Å². The fourth-order valence-corrected chi connectivity index (χ4v) is 3.69. The highest BCUT2D eigenvalue weighted by Gasteiger charge is 2.59. The first-order valence-electron chi connectivity index (χ1n) is 5.30. The largest absolute Gasteiger partial charge is 0.317 e. The van der Waals surface area contributed by atoms with Crippen LogP contribution in [0.5, 0.6) is 0 Å². The van der Waals surface area contributed by atoms with Gasteiger partial charge in [-0.3, -0.25) is 4.90 Å². The second-order valence-electron chi connectivity index (χ2n) is 5.20.